The van der Waals surface area contributed by atoms with Crippen LogP contribution >= 0.6 is 11.6 Å². The Hall–Kier alpha value is -2.17. The molecule has 2 aromatic rings. The number of aryl methyl sites for hydroxylation is 3. The lowest BCUT2D eigenvalue weighted by Gasteiger charge is -2.34. The van der Waals surface area contributed by atoms with E-state index < -0.39 is 0 Å². The van der Waals surface area contributed by atoms with Gasteiger partial charge in [0.2, 0.25) is 5.91 Å². The quantitative estimate of drug-likeness (QED) is 0.606. The Balaban J connectivity index is 1.40. The first-order valence-corrected chi connectivity index (χ1v) is 12.8. The van der Waals surface area contributed by atoms with Crippen LogP contribution in [0.1, 0.15) is 60.1 Å². The Morgan fingerprint density at radius 2 is 1.88 bits per heavy atom. The lowest BCUT2D eigenvalue weighted by Crippen LogP contribution is -2.40. The molecule has 1 unspecified atom stereocenters. The number of carbonyl (C=O) groups excluding carboxylic acids is 1. The third-order valence-corrected chi connectivity index (χ3v) is 7.83. The van der Waals surface area contributed by atoms with Gasteiger partial charge in [-0.25, -0.2) is 0 Å². The standard InChI is InChI=1S/C28H34ClN3O/c1-19-14-23-6-5-22-16-24(29)7-8-25(22)27(28(23)30-17-19)21-9-12-32(13-10-21)26(33)15-20-4-3-11-31(2)18-20/h7-8,14,16-17,20H,3-6,9-13,15,18H2,1-2H3. The Morgan fingerprint density at radius 1 is 1.09 bits per heavy atom. The molecule has 5 heteroatoms. The molecule has 2 saturated heterocycles. The van der Waals surface area contributed by atoms with Gasteiger partial charge in [-0.05, 0) is 99.3 Å². The first kappa shape index (κ1) is 22.6. The topological polar surface area (TPSA) is 36.4 Å². The van der Waals surface area contributed by atoms with Gasteiger partial charge in [-0.2, -0.15) is 0 Å². The van der Waals surface area contributed by atoms with Crippen LogP contribution in [0.5, 0.6) is 0 Å². The molecule has 3 aliphatic rings. The Labute approximate surface area is 202 Å². The number of fused-ring (bicyclic) bond motifs is 2. The second kappa shape index (κ2) is 9.60. The summed E-state index contributed by atoms with van der Waals surface area (Å²) < 4.78 is 0. The molecule has 0 bridgehead atoms. The minimum Gasteiger partial charge on any atom is -0.342 e. The molecule has 1 amide bonds. The summed E-state index contributed by atoms with van der Waals surface area (Å²) >= 11 is 6.36. The van der Waals surface area contributed by atoms with Gasteiger partial charge in [0.1, 0.15) is 0 Å². The zero-order chi connectivity index (χ0) is 22.9. The fraction of sp³-hybridized carbons (Fsp3) is 0.500. The highest BCUT2D eigenvalue weighted by Gasteiger charge is 2.28. The van der Waals surface area contributed by atoms with Gasteiger partial charge in [0.25, 0.3) is 0 Å². The first-order valence-electron chi connectivity index (χ1n) is 12.4. The van der Waals surface area contributed by atoms with Gasteiger partial charge in [-0.1, -0.05) is 29.3 Å². The maximum Gasteiger partial charge on any atom is 0.222 e. The van der Waals surface area contributed by atoms with E-state index in [0.717, 1.165) is 62.6 Å². The largest absolute Gasteiger partial charge is 0.342 e. The minimum atomic E-state index is 0.335. The maximum absolute atomic E-state index is 13.0. The molecule has 0 N–H and O–H groups in total. The van der Waals surface area contributed by atoms with Crippen LogP contribution in [0.15, 0.2) is 36.0 Å². The van der Waals surface area contributed by atoms with Crippen molar-refractivity contribution in [3.63, 3.8) is 0 Å². The van der Waals surface area contributed by atoms with E-state index in [1.807, 2.05) is 12.3 Å². The van der Waals surface area contributed by atoms with Gasteiger partial charge in [0, 0.05) is 42.8 Å². The normalized spacial score (nSPS) is 21.4. The van der Waals surface area contributed by atoms with Crippen molar-refractivity contribution in [2.45, 2.75) is 51.9 Å². The number of nitrogens with zero attached hydrogens (tertiary/aromatic N) is 3. The maximum atomic E-state index is 13.0. The molecule has 3 heterocycles. The highest BCUT2D eigenvalue weighted by atomic mass is 35.5. The molecule has 33 heavy (non-hydrogen) atoms. The van der Waals surface area contributed by atoms with Gasteiger partial charge in [0.05, 0.1) is 5.69 Å². The van der Waals surface area contributed by atoms with Crippen molar-refractivity contribution in [3.8, 4) is 0 Å². The number of carbonyl (C=O) groups is 1. The van der Waals surface area contributed by atoms with Crippen LogP contribution in [-0.4, -0.2) is 53.9 Å². The summed E-state index contributed by atoms with van der Waals surface area (Å²) in [7, 11) is 2.17. The van der Waals surface area contributed by atoms with Crippen molar-refractivity contribution in [2.75, 3.05) is 33.2 Å². The average molecular weight is 464 g/mol. The van der Waals surface area contributed by atoms with Gasteiger partial charge in [0.15, 0.2) is 0 Å². The SMILES string of the molecule is Cc1cnc2c(c1)CCc1cc(Cl)ccc1C2=C1CCN(C(=O)CC2CCCN(C)C2)CC1. The van der Waals surface area contributed by atoms with Crippen LogP contribution in [0.4, 0.5) is 0 Å². The van der Waals surface area contributed by atoms with Crippen LogP contribution in [0, 0.1) is 12.8 Å². The molecule has 1 atom stereocenters. The van der Waals surface area contributed by atoms with E-state index >= 15 is 0 Å². The highest BCUT2D eigenvalue weighted by molar-refractivity contribution is 6.30. The number of hydrogen-bond acceptors (Lipinski definition) is 3. The van der Waals surface area contributed by atoms with Gasteiger partial charge >= 0.3 is 0 Å². The number of amides is 1. The van der Waals surface area contributed by atoms with Crippen molar-refractivity contribution in [2.24, 2.45) is 5.92 Å². The number of aromatic nitrogens is 1. The first-order chi connectivity index (χ1) is 16.0. The lowest BCUT2D eigenvalue weighted by molar-refractivity contribution is -0.133. The number of halogens is 1. The van der Waals surface area contributed by atoms with Crippen molar-refractivity contribution < 1.29 is 4.79 Å². The van der Waals surface area contributed by atoms with Crippen LogP contribution < -0.4 is 0 Å². The van der Waals surface area contributed by atoms with Gasteiger partial charge < -0.3 is 9.80 Å². The summed E-state index contributed by atoms with van der Waals surface area (Å²) in [5.41, 5.74) is 8.95. The molecule has 0 radical (unpaired) electrons. The molecular weight excluding hydrogens is 430 g/mol. The van der Waals surface area contributed by atoms with Crippen molar-refractivity contribution in [3.05, 3.63) is 69.0 Å². The Bertz CT molecular complexity index is 1030. The number of likely N-dealkylation sites (tertiary alicyclic amines) is 2. The van der Waals surface area contributed by atoms with Crippen molar-refractivity contribution >= 4 is 23.1 Å². The predicted molar refractivity (Wildman–Crippen MR) is 135 cm³/mol. The number of hydrogen-bond donors (Lipinski definition) is 0. The van der Waals surface area contributed by atoms with E-state index in [0.29, 0.717) is 18.2 Å². The molecular formula is C28H34ClN3O. The van der Waals surface area contributed by atoms with E-state index in [-0.39, 0.29) is 0 Å². The molecule has 4 nitrogen and oxygen atoms in total. The molecule has 0 spiro atoms. The minimum absolute atomic E-state index is 0.335. The molecule has 1 aromatic carbocycles. The number of piperidine rings is 2. The molecule has 174 valence electrons. The van der Waals surface area contributed by atoms with Crippen molar-refractivity contribution in [1.82, 2.24) is 14.8 Å². The molecule has 2 aliphatic heterocycles. The summed E-state index contributed by atoms with van der Waals surface area (Å²) in [6, 6.07) is 8.58. The summed E-state index contributed by atoms with van der Waals surface area (Å²) in [5.74, 6) is 0.843. The number of rotatable bonds is 2. The summed E-state index contributed by atoms with van der Waals surface area (Å²) in [6.45, 7) is 5.95. The summed E-state index contributed by atoms with van der Waals surface area (Å²) in [6.07, 6.45) is 8.87. The molecule has 0 saturated carbocycles. The van der Waals surface area contributed by atoms with E-state index in [4.69, 9.17) is 16.6 Å². The molecule has 2 fully saturated rings. The van der Waals surface area contributed by atoms with Gasteiger partial charge in [-0.3, -0.25) is 9.78 Å². The third kappa shape index (κ3) is 4.88. The second-order valence-corrected chi connectivity index (χ2v) is 10.6. The predicted octanol–water partition coefficient (Wildman–Crippen LogP) is 5.30. The highest BCUT2D eigenvalue weighted by Crippen LogP contribution is 2.39. The summed E-state index contributed by atoms with van der Waals surface area (Å²) in [5, 5.41) is 0.793. The van der Waals surface area contributed by atoms with E-state index in [2.05, 4.69) is 42.0 Å². The fourth-order valence-electron chi connectivity index (χ4n) is 5.91. The fourth-order valence-corrected chi connectivity index (χ4v) is 6.10. The van der Waals surface area contributed by atoms with E-state index in [1.54, 1.807) is 0 Å². The molecule has 1 aliphatic carbocycles. The summed E-state index contributed by atoms with van der Waals surface area (Å²) in [4.78, 5) is 22.4. The van der Waals surface area contributed by atoms with Crippen LogP contribution in [0.2, 0.25) is 5.02 Å². The van der Waals surface area contributed by atoms with Crippen LogP contribution in [0.3, 0.4) is 0 Å². The molecule has 1 aromatic heterocycles. The molecule has 5 rings (SSSR count). The zero-order valence-electron chi connectivity index (χ0n) is 19.9. The smallest absolute Gasteiger partial charge is 0.222 e. The third-order valence-electron chi connectivity index (χ3n) is 7.60. The van der Waals surface area contributed by atoms with E-state index in [9.17, 15) is 4.79 Å². The number of benzene rings is 1. The second-order valence-electron chi connectivity index (χ2n) is 10.2. The van der Waals surface area contributed by atoms with Crippen LogP contribution in [0.25, 0.3) is 5.57 Å². The van der Waals surface area contributed by atoms with Crippen LogP contribution in [-0.2, 0) is 17.6 Å². The lowest BCUT2D eigenvalue weighted by atomic mass is 9.88. The Kier molecular flexibility index (Phi) is 6.58. The van der Waals surface area contributed by atoms with Crippen molar-refractivity contribution in [1.29, 1.82) is 0 Å². The average Bonchev–Trinajstić information content (AvgIpc) is 2.95. The van der Waals surface area contributed by atoms with E-state index in [1.165, 1.54) is 46.2 Å². The number of pyridine rings is 1. The Morgan fingerprint density at radius 3 is 2.67 bits per heavy atom. The monoisotopic (exact) mass is 463 g/mol. The van der Waals surface area contributed by atoms with Gasteiger partial charge in [-0.15, -0.1) is 0 Å². The zero-order valence-corrected chi connectivity index (χ0v) is 20.6.